The van der Waals surface area contributed by atoms with Crippen LogP contribution in [0.3, 0.4) is 0 Å². The highest BCUT2D eigenvalue weighted by atomic mass is 16.5. The van der Waals surface area contributed by atoms with Crippen molar-refractivity contribution in [1.29, 1.82) is 0 Å². The van der Waals surface area contributed by atoms with Crippen molar-refractivity contribution in [3.8, 4) is 0 Å². The van der Waals surface area contributed by atoms with Gasteiger partial charge >= 0.3 is 0 Å². The van der Waals surface area contributed by atoms with Gasteiger partial charge in [0.2, 0.25) is 0 Å². The van der Waals surface area contributed by atoms with Gasteiger partial charge in [-0.05, 0) is 0 Å². The van der Waals surface area contributed by atoms with Crippen molar-refractivity contribution in [2.75, 3.05) is 13.2 Å². The molecule has 1 saturated heterocycles. The number of morpholine rings is 1. The Bertz CT molecular complexity index is 183. The van der Waals surface area contributed by atoms with Crippen LogP contribution in [0.4, 0.5) is 0 Å². The fourth-order valence-corrected chi connectivity index (χ4v) is 0.722. The predicted molar refractivity (Wildman–Crippen MR) is 33.0 cm³/mol. The highest BCUT2D eigenvalue weighted by molar-refractivity contribution is 5.84. The van der Waals surface area contributed by atoms with Gasteiger partial charge in [-0.1, -0.05) is 0 Å². The Hall–Kier alpha value is -1.12. The number of carbonyl (C=O) groups is 1. The minimum absolute atomic E-state index is 0.269. The summed E-state index contributed by atoms with van der Waals surface area (Å²) in [4.78, 5) is 20.5. The summed E-state index contributed by atoms with van der Waals surface area (Å²) in [6.45, 7) is 0.969. The van der Waals surface area contributed by atoms with Crippen LogP contribution < -0.4 is 5.32 Å². The Morgan fingerprint density at radius 2 is 2.60 bits per heavy atom. The van der Waals surface area contributed by atoms with Crippen molar-refractivity contribution < 1.29 is 14.3 Å². The van der Waals surface area contributed by atoms with Crippen molar-refractivity contribution in [2.24, 2.45) is 0 Å². The minimum atomic E-state index is -0.730. The van der Waals surface area contributed by atoms with E-state index in [9.17, 15) is 9.59 Å². The van der Waals surface area contributed by atoms with Gasteiger partial charge < -0.3 is 10.1 Å². The van der Waals surface area contributed by atoms with Crippen LogP contribution in [-0.2, 0) is 14.3 Å². The number of hydrogen-bond donors (Lipinski definition) is 1. The van der Waals surface area contributed by atoms with E-state index in [0.29, 0.717) is 13.2 Å². The van der Waals surface area contributed by atoms with Gasteiger partial charge in [0.1, 0.15) is 5.94 Å². The molecule has 0 aromatic heterocycles. The van der Waals surface area contributed by atoms with Gasteiger partial charge in [-0.3, -0.25) is 4.79 Å². The lowest BCUT2D eigenvalue weighted by Gasteiger charge is -2.18. The molecule has 10 heavy (non-hydrogen) atoms. The lowest BCUT2D eigenvalue weighted by atomic mass is 10.3. The second-order valence-electron chi connectivity index (χ2n) is 1.87. The summed E-state index contributed by atoms with van der Waals surface area (Å²) in [6, 6.07) is 0. The molecule has 1 amide bonds. The molecule has 0 aromatic carbocycles. The normalized spacial score (nSPS) is 24.8. The molecule has 1 N–H and O–H groups in total. The number of nitrogens with one attached hydrogen (secondary N) is 1. The maximum absolute atomic E-state index is 10.7. The molecule has 0 spiro atoms. The third-order valence-electron chi connectivity index (χ3n) is 1.18. The zero-order valence-corrected chi connectivity index (χ0v) is 5.29. The first-order chi connectivity index (χ1) is 4.84. The molecule has 0 saturated carbocycles. The molecule has 0 aliphatic carbocycles. The lowest BCUT2D eigenvalue weighted by Crippen LogP contribution is -2.43. The van der Waals surface area contributed by atoms with Crippen LogP contribution in [0.15, 0.2) is 6.08 Å². The maximum atomic E-state index is 10.7. The van der Waals surface area contributed by atoms with Gasteiger partial charge in [-0.25, -0.2) is 4.79 Å². The molecule has 1 rings (SSSR count). The quantitative estimate of drug-likeness (QED) is 0.471. The fraction of sp³-hybridized carbons (Fsp3) is 0.500. The summed E-state index contributed by atoms with van der Waals surface area (Å²) in [7, 11) is 0. The molecule has 54 valence electrons. The summed E-state index contributed by atoms with van der Waals surface area (Å²) >= 11 is 0. The molecule has 1 heterocycles. The molecule has 0 radical (unpaired) electrons. The van der Waals surface area contributed by atoms with E-state index in [-0.39, 0.29) is 5.91 Å². The van der Waals surface area contributed by atoms with E-state index in [0.717, 1.165) is 6.08 Å². The Morgan fingerprint density at radius 1 is 1.80 bits per heavy atom. The van der Waals surface area contributed by atoms with Crippen molar-refractivity contribution in [3.63, 3.8) is 0 Å². The van der Waals surface area contributed by atoms with Crippen LogP contribution in [0.1, 0.15) is 0 Å². The van der Waals surface area contributed by atoms with Gasteiger partial charge in [0, 0.05) is 12.6 Å². The molecule has 1 aliphatic heterocycles. The third-order valence-corrected chi connectivity index (χ3v) is 1.18. The lowest BCUT2D eigenvalue weighted by molar-refractivity contribution is -0.134. The predicted octanol–water partition coefficient (Wildman–Crippen LogP) is -1.11. The molecular formula is C6H7NO3. The van der Waals surface area contributed by atoms with Gasteiger partial charge in [0.05, 0.1) is 6.61 Å². The van der Waals surface area contributed by atoms with Crippen LogP contribution in [-0.4, -0.2) is 31.1 Å². The summed E-state index contributed by atoms with van der Waals surface area (Å²) in [5.41, 5.74) is 0. The summed E-state index contributed by atoms with van der Waals surface area (Å²) in [5.74, 6) is 1.24. The third kappa shape index (κ3) is 1.43. The van der Waals surface area contributed by atoms with Crippen LogP contribution in [0.5, 0.6) is 0 Å². The van der Waals surface area contributed by atoms with Gasteiger partial charge in [-0.2, -0.15) is 0 Å². The van der Waals surface area contributed by atoms with E-state index < -0.39 is 6.10 Å². The molecule has 1 aliphatic rings. The van der Waals surface area contributed by atoms with Crippen LogP contribution in [0.2, 0.25) is 0 Å². The molecule has 1 atom stereocenters. The minimum Gasteiger partial charge on any atom is -0.362 e. The summed E-state index contributed by atoms with van der Waals surface area (Å²) < 4.78 is 4.90. The van der Waals surface area contributed by atoms with E-state index in [2.05, 4.69) is 5.32 Å². The number of carbonyl (C=O) groups excluding carboxylic acids is 2. The summed E-state index contributed by atoms with van der Waals surface area (Å²) in [6.07, 6.45) is 0.334. The van der Waals surface area contributed by atoms with E-state index in [4.69, 9.17) is 4.74 Å². The largest absolute Gasteiger partial charge is 0.362 e. The average molecular weight is 141 g/mol. The monoisotopic (exact) mass is 141 g/mol. The van der Waals surface area contributed by atoms with E-state index in [1.54, 1.807) is 0 Å². The zero-order chi connectivity index (χ0) is 7.40. The standard InChI is InChI=1S/C6H7NO3/c8-3-1-5-6(9)7-2-4-10-5/h1,5H,2,4H2,(H,7,9). The first-order valence-corrected chi connectivity index (χ1v) is 2.95. The topological polar surface area (TPSA) is 55.4 Å². The average Bonchev–Trinajstić information content (AvgIpc) is 1.94. The second-order valence-corrected chi connectivity index (χ2v) is 1.87. The highest BCUT2D eigenvalue weighted by Crippen LogP contribution is 1.96. The Balaban J connectivity index is 2.55. The first-order valence-electron chi connectivity index (χ1n) is 2.95. The number of ether oxygens (including phenoxy) is 1. The molecule has 4 heteroatoms. The van der Waals surface area contributed by atoms with Crippen molar-refractivity contribution in [1.82, 2.24) is 5.32 Å². The maximum Gasteiger partial charge on any atom is 0.253 e. The Kier molecular flexibility index (Phi) is 2.20. The molecular weight excluding hydrogens is 134 g/mol. The summed E-state index contributed by atoms with van der Waals surface area (Å²) in [5, 5.41) is 2.54. The Labute approximate surface area is 57.9 Å². The second kappa shape index (κ2) is 3.15. The smallest absolute Gasteiger partial charge is 0.253 e. The van der Waals surface area contributed by atoms with Crippen molar-refractivity contribution in [3.05, 3.63) is 6.08 Å². The number of hydrogen-bond acceptors (Lipinski definition) is 3. The van der Waals surface area contributed by atoms with Crippen LogP contribution in [0, 0.1) is 0 Å². The van der Waals surface area contributed by atoms with E-state index in [1.807, 2.05) is 0 Å². The molecule has 1 fully saturated rings. The number of amides is 1. The SMILES string of the molecule is O=C=CC1OCCNC1=O. The number of rotatable bonds is 1. The molecule has 1 unspecified atom stereocenters. The fourth-order valence-electron chi connectivity index (χ4n) is 0.722. The van der Waals surface area contributed by atoms with Gasteiger partial charge in [0.15, 0.2) is 6.10 Å². The first kappa shape index (κ1) is 6.99. The van der Waals surface area contributed by atoms with Gasteiger partial charge in [0.25, 0.3) is 5.91 Å². The van der Waals surface area contributed by atoms with Crippen molar-refractivity contribution in [2.45, 2.75) is 6.10 Å². The van der Waals surface area contributed by atoms with Gasteiger partial charge in [-0.15, -0.1) is 0 Å². The molecule has 0 aromatic rings. The molecule has 4 nitrogen and oxygen atoms in total. The van der Waals surface area contributed by atoms with E-state index in [1.165, 1.54) is 5.94 Å². The molecule has 0 bridgehead atoms. The van der Waals surface area contributed by atoms with Crippen molar-refractivity contribution >= 4 is 11.8 Å². The highest BCUT2D eigenvalue weighted by Gasteiger charge is 2.19. The van der Waals surface area contributed by atoms with Crippen LogP contribution in [0.25, 0.3) is 0 Å². The Morgan fingerprint density at radius 3 is 3.20 bits per heavy atom. The van der Waals surface area contributed by atoms with E-state index >= 15 is 0 Å². The van der Waals surface area contributed by atoms with Crippen LogP contribution >= 0.6 is 0 Å². The zero-order valence-electron chi connectivity index (χ0n) is 5.29.